The van der Waals surface area contributed by atoms with Crippen LogP contribution in [-0.4, -0.2) is 44.6 Å². The van der Waals surface area contributed by atoms with Gasteiger partial charge >= 0.3 is 5.69 Å². The Labute approximate surface area is 141 Å². The number of halogens is 2. The molecule has 1 aromatic heterocycles. The van der Waals surface area contributed by atoms with E-state index in [4.69, 9.17) is 4.74 Å². The highest BCUT2D eigenvalue weighted by molar-refractivity contribution is 14.1. The summed E-state index contributed by atoms with van der Waals surface area (Å²) in [6.45, 7) is 0.150. The summed E-state index contributed by atoms with van der Waals surface area (Å²) >= 11 is 4.83. The molecule has 1 aromatic rings. The molecule has 0 unspecified atom stereocenters. The fraction of sp³-hybridized carbons (Fsp3) is 0.545. The lowest BCUT2D eigenvalue weighted by atomic mass is 10.2. The lowest BCUT2D eigenvalue weighted by Gasteiger charge is -2.16. The van der Waals surface area contributed by atoms with Crippen LogP contribution in [0.3, 0.4) is 0 Å². The minimum Gasteiger partial charge on any atom is -0.390 e. The maximum atomic E-state index is 11.8. The molecular weight excluding hydrogens is 461 g/mol. The van der Waals surface area contributed by atoms with Crippen LogP contribution in [-0.2, 0) is 9.53 Å². The predicted octanol–water partition coefficient (Wildman–Crippen LogP) is -0.699. The minimum absolute atomic E-state index is 0.150. The van der Waals surface area contributed by atoms with Gasteiger partial charge in [-0.05, 0) is 22.6 Å². The molecule has 116 valence electrons. The van der Waals surface area contributed by atoms with Crippen LogP contribution in [0, 0.1) is 3.57 Å². The van der Waals surface area contributed by atoms with Gasteiger partial charge in [0.2, 0.25) is 5.91 Å². The van der Waals surface area contributed by atoms with Gasteiger partial charge in [0.05, 0.1) is 15.0 Å². The van der Waals surface area contributed by atoms with Gasteiger partial charge in [-0.1, -0.05) is 15.9 Å². The summed E-state index contributed by atoms with van der Waals surface area (Å²) in [6.07, 6.45) is -0.490. The molecule has 21 heavy (non-hydrogen) atoms. The molecule has 2 heterocycles. The van der Waals surface area contributed by atoms with Crippen LogP contribution < -0.4 is 16.6 Å². The molecule has 0 saturated carbocycles. The Morgan fingerprint density at radius 2 is 2.33 bits per heavy atom. The van der Waals surface area contributed by atoms with E-state index in [0.717, 1.165) is 0 Å². The quantitative estimate of drug-likeness (QED) is 0.395. The van der Waals surface area contributed by atoms with Gasteiger partial charge in [0, 0.05) is 19.2 Å². The lowest BCUT2D eigenvalue weighted by Crippen LogP contribution is -2.37. The molecule has 0 bridgehead atoms. The van der Waals surface area contributed by atoms with Crippen molar-refractivity contribution in [2.45, 2.75) is 24.9 Å². The van der Waals surface area contributed by atoms with Gasteiger partial charge in [-0.15, -0.1) is 0 Å². The molecule has 0 aromatic carbocycles. The number of aromatic amines is 1. The van der Waals surface area contributed by atoms with E-state index in [0.29, 0.717) is 3.57 Å². The number of ether oxygens (including phenoxy) is 1. The number of alkyl halides is 1. The van der Waals surface area contributed by atoms with Gasteiger partial charge < -0.3 is 15.2 Å². The molecular formula is C11H13BrIN3O5. The summed E-state index contributed by atoms with van der Waals surface area (Å²) in [5, 5.41) is 12.7. The number of aliphatic hydroxyl groups is 1. The first-order valence-electron chi connectivity index (χ1n) is 6.09. The molecule has 0 radical (unpaired) electrons. The average Bonchev–Trinajstić information content (AvgIpc) is 2.81. The zero-order chi connectivity index (χ0) is 15.6. The van der Waals surface area contributed by atoms with Crippen molar-refractivity contribution in [1.82, 2.24) is 14.9 Å². The molecule has 1 aliphatic rings. The van der Waals surface area contributed by atoms with Crippen LogP contribution in [0.15, 0.2) is 15.8 Å². The molecule has 10 heteroatoms. The van der Waals surface area contributed by atoms with Crippen molar-refractivity contribution in [3.05, 3.63) is 30.6 Å². The monoisotopic (exact) mass is 473 g/mol. The van der Waals surface area contributed by atoms with Gasteiger partial charge in [0.15, 0.2) is 0 Å². The molecule has 8 nitrogen and oxygen atoms in total. The predicted molar refractivity (Wildman–Crippen MR) is 85.4 cm³/mol. The molecule has 3 N–H and O–H groups in total. The van der Waals surface area contributed by atoms with E-state index in [-0.39, 0.29) is 24.2 Å². The number of nitrogens with zero attached hydrogens (tertiary/aromatic N) is 1. The van der Waals surface area contributed by atoms with Crippen LogP contribution >= 0.6 is 38.5 Å². The van der Waals surface area contributed by atoms with Crippen molar-refractivity contribution in [3.8, 4) is 0 Å². The largest absolute Gasteiger partial charge is 0.390 e. The van der Waals surface area contributed by atoms with Crippen molar-refractivity contribution in [2.75, 3.05) is 11.9 Å². The summed E-state index contributed by atoms with van der Waals surface area (Å²) in [4.78, 5) is 36.5. The second-order valence-corrected chi connectivity index (χ2v) is 6.24. The maximum absolute atomic E-state index is 11.8. The van der Waals surface area contributed by atoms with E-state index in [1.54, 1.807) is 0 Å². The average molecular weight is 474 g/mol. The number of aromatic nitrogens is 2. The molecule has 0 aliphatic carbocycles. The van der Waals surface area contributed by atoms with E-state index in [2.05, 4.69) is 26.2 Å². The van der Waals surface area contributed by atoms with Crippen LogP contribution in [0.5, 0.6) is 0 Å². The van der Waals surface area contributed by atoms with E-state index in [1.807, 2.05) is 22.6 Å². The number of amides is 1. The number of H-pyrrole nitrogens is 1. The molecule has 1 amide bonds. The van der Waals surface area contributed by atoms with Crippen LogP contribution in [0.4, 0.5) is 0 Å². The molecule has 2 rings (SSSR count). The normalized spacial score (nSPS) is 25.0. The molecule has 3 atom stereocenters. The summed E-state index contributed by atoms with van der Waals surface area (Å²) in [7, 11) is 0. The third-order valence-corrected chi connectivity index (χ3v) is 4.34. The topological polar surface area (TPSA) is 113 Å². The number of nitrogens with one attached hydrogen (secondary N) is 2. The molecule has 1 fully saturated rings. The summed E-state index contributed by atoms with van der Waals surface area (Å²) in [5.74, 6) is -0.218. The number of carbonyl (C=O) groups is 1. The van der Waals surface area contributed by atoms with Crippen molar-refractivity contribution >= 4 is 44.4 Å². The van der Waals surface area contributed by atoms with E-state index >= 15 is 0 Å². The Hall–Kier alpha value is -0.720. The standard InChI is InChI=1S/C11H13BrIN3O5/c12-2-8(18)14-3-7-6(17)1-9(21-7)16-4-5(13)10(19)15-11(16)20/h4,6-7,9,17H,1-3H2,(H,14,18)(H,15,19,20)/t6-,7+,9+/m0/s1. The highest BCUT2D eigenvalue weighted by Crippen LogP contribution is 2.27. The lowest BCUT2D eigenvalue weighted by molar-refractivity contribution is -0.119. The maximum Gasteiger partial charge on any atom is 0.330 e. The van der Waals surface area contributed by atoms with Crippen LogP contribution in [0.2, 0.25) is 0 Å². The zero-order valence-corrected chi connectivity index (χ0v) is 14.5. The number of rotatable bonds is 4. The van der Waals surface area contributed by atoms with Gasteiger partial charge in [-0.3, -0.25) is 19.1 Å². The smallest absolute Gasteiger partial charge is 0.330 e. The van der Waals surface area contributed by atoms with Gasteiger partial charge in [-0.25, -0.2) is 4.79 Å². The van der Waals surface area contributed by atoms with Gasteiger partial charge in [0.25, 0.3) is 5.56 Å². The summed E-state index contributed by atoms with van der Waals surface area (Å²) in [5.41, 5.74) is -1.06. The fourth-order valence-electron chi connectivity index (χ4n) is 2.01. The third kappa shape index (κ3) is 3.93. The fourth-order valence-corrected chi connectivity index (χ4v) is 2.64. The van der Waals surface area contributed by atoms with Crippen LogP contribution in [0.25, 0.3) is 0 Å². The van der Waals surface area contributed by atoms with Crippen LogP contribution in [0.1, 0.15) is 12.6 Å². The number of carbonyl (C=O) groups excluding carboxylic acids is 1. The Balaban J connectivity index is 2.10. The summed E-state index contributed by atoms with van der Waals surface area (Å²) in [6, 6.07) is 0. The number of aliphatic hydroxyl groups excluding tert-OH is 1. The Morgan fingerprint density at radius 3 is 3.00 bits per heavy atom. The van der Waals surface area contributed by atoms with Crippen molar-refractivity contribution in [1.29, 1.82) is 0 Å². The van der Waals surface area contributed by atoms with Crippen molar-refractivity contribution < 1.29 is 14.6 Å². The second-order valence-electron chi connectivity index (χ2n) is 4.51. The SMILES string of the molecule is O=C(CBr)NC[C@H]1O[C@@H](n2cc(I)c(=O)[nH]c2=O)C[C@@H]1O. The second kappa shape index (κ2) is 7.03. The first-order valence-corrected chi connectivity index (χ1v) is 8.29. The van der Waals surface area contributed by atoms with Crippen molar-refractivity contribution in [3.63, 3.8) is 0 Å². The Morgan fingerprint density at radius 1 is 1.62 bits per heavy atom. The zero-order valence-electron chi connectivity index (χ0n) is 10.7. The first kappa shape index (κ1) is 16.6. The van der Waals surface area contributed by atoms with Gasteiger partial charge in [0.1, 0.15) is 12.3 Å². The first-order chi connectivity index (χ1) is 9.92. The Bertz CT molecular complexity index is 645. The van der Waals surface area contributed by atoms with Gasteiger partial charge in [-0.2, -0.15) is 0 Å². The third-order valence-electron chi connectivity index (χ3n) is 3.06. The van der Waals surface area contributed by atoms with E-state index < -0.39 is 29.7 Å². The highest BCUT2D eigenvalue weighted by atomic mass is 127. The molecule has 0 spiro atoms. The Kier molecular flexibility index (Phi) is 5.57. The molecule has 1 aliphatic heterocycles. The number of hydrogen-bond donors (Lipinski definition) is 3. The summed E-state index contributed by atoms with van der Waals surface area (Å²) < 4.78 is 7.17. The van der Waals surface area contributed by atoms with E-state index in [9.17, 15) is 19.5 Å². The van der Waals surface area contributed by atoms with E-state index in [1.165, 1.54) is 10.8 Å². The van der Waals surface area contributed by atoms with Crippen molar-refractivity contribution in [2.24, 2.45) is 0 Å². The highest BCUT2D eigenvalue weighted by Gasteiger charge is 2.35. The molecule has 1 saturated heterocycles. The number of hydrogen-bond acceptors (Lipinski definition) is 5. The minimum atomic E-state index is -0.804.